The van der Waals surface area contributed by atoms with E-state index < -0.39 is 0 Å². The minimum absolute atomic E-state index is 0.153. The van der Waals surface area contributed by atoms with Gasteiger partial charge in [0.1, 0.15) is 5.75 Å². The summed E-state index contributed by atoms with van der Waals surface area (Å²) >= 11 is 6.00. The van der Waals surface area contributed by atoms with Crippen molar-refractivity contribution in [2.75, 3.05) is 5.32 Å². The van der Waals surface area contributed by atoms with Gasteiger partial charge in [-0.1, -0.05) is 23.7 Å². The van der Waals surface area contributed by atoms with Crippen molar-refractivity contribution < 1.29 is 9.90 Å². The monoisotopic (exact) mass is 275 g/mol. The number of amides is 1. The number of anilines is 1. The fourth-order valence-electron chi connectivity index (χ4n) is 1.80. The van der Waals surface area contributed by atoms with Gasteiger partial charge in [-0.3, -0.25) is 4.79 Å². The lowest BCUT2D eigenvalue weighted by atomic mass is 10.1. The summed E-state index contributed by atoms with van der Waals surface area (Å²) in [6, 6.07) is 10.2. The number of hydrogen-bond donors (Lipinski definition) is 2. The summed E-state index contributed by atoms with van der Waals surface area (Å²) in [5.74, 6) is -0.0886. The zero-order valence-corrected chi connectivity index (χ0v) is 11.5. The van der Waals surface area contributed by atoms with Crippen LogP contribution in [0.1, 0.15) is 21.5 Å². The van der Waals surface area contributed by atoms with E-state index in [-0.39, 0.29) is 11.7 Å². The average molecular weight is 276 g/mol. The molecule has 1 amide bonds. The fraction of sp³-hybridized carbons (Fsp3) is 0.133. The highest BCUT2D eigenvalue weighted by molar-refractivity contribution is 6.32. The van der Waals surface area contributed by atoms with Gasteiger partial charge in [0, 0.05) is 21.8 Å². The molecule has 2 aromatic carbocycles. The molecule has 0 aromatic heterocycles. The Bertz CT molecular complexity index is 638. The van der Waals surface area contributed by atoms with Crippen LogP contribution in [0, 0.1) is 13.8 Å². The van der Waals surface area contributed by atoms with E-state index in [0.717, 1.165) is 5.56 Å². The Kier molecular flexibility index (Phi) is 3.76. The number of halogens is 1. The molecule has 0 aliphatic carbocycles. The van der Waals surface area contributed by atoms with Crippen molar-refractivity contribution in [3.63, 3.8) is 0 Å². The van der Waals surface area contributed by atoms with Gasteiger partial charge in [0.2, 0.25) is 0 Å². The summed E-state index contributed by atoms with van der Waals surface area (Å²) in [6.07, 6.45) is 0. The highest BCUT2D eigenvalue weighted by atomic mass is 35.5. The smallest absolute Gasteiger partial charge is 0.255 e. The predicted molar refractivity (Wildman–Crippen MR) is 77.0 cm³/mol. The first-order chi connectivity index (χ1) is 9.00. The molecule has 2 rings (SSSR count). The number of aromatic hydroxyl groups is 1. The van der Waals surface area contributed by atoms with Crippen LogP contribution in [-0.2, 0) is 0 Å². The highest BCUT2D eigenvalue weighted by Crippen LogP contribution is 2.25. The zero-order valence-electron chi connectivity index (χ0n) is 10.7. The fourth-order valence-corrected chi connectivity index (χ4v) is 1.98. The predicted octanol–water partition coefficient (Wildman–Crippen LogP) is 3.91. The van der Waals surface area contributed by atoms with E-state index in [4.69, 9.17) is 11.6 Å². The van der Waals surface area contributed by atoms with Crippen LogP contribution in [0.3, 0.4) is 0 Å². The SMILES string of the molecule is Cc1c(O)cccc1NC(=O)c1cccc(Cl)c1C. The lowest BCUT2D eigenvalue weighted by molar-refractivity contribution is 0.102. The first-order valence-corrected chi connectivity index (χ1v) is 6.23. The topological polar surface area (TPSA) is 49.3 Å². The van der Waals surface area contributed by atoms with Crippen LogP contribution in [0.5, 0.6) is 5.75 Å². The quantitative estimate of drug-likeness (QED) is 0.873. The van der Waals surface area contributed by atoms with Gasteiger partial charge in [0.05, 0.1) is 0 Å². The van der Waals surface area contributed by atoms with E-state index >= 15 is 0 Å². The van der Waals surface area contributed by atoms with Gasteiger partial charge in [-0.25, -0.2) is 0 Å². The molecule has 0 aliphatic heterocycles. The second-order valence-electron chi connectivity index (χ2n) is 4.32. The molecule has 0 saturated carbocycles. The molecule has 3 nitrogen and oxygen atoms in total. The summed E-state index contributed by atoms with van der Waals surface area (Å²) < 4.78 is 0. The minimum atomic E-state index is -0.242. The summed E-state index contributed by atoms with van der Waals surface area (Å²) in [4.78, 5) is 12.2. The highest BCUT2D eigenvalue weighted by Gasteiger charge is 2.12. The second-order valence-corrected chi connectivity index (χ2v) is 4.72. The Morgan fingerprint density at radius 3 is 2.53 bits per heavy atom. The van der Waals surface area contributed by atoms with Gasteiger partial charge in [-0.15, -0.1) is 0 Å². The Labute approximate surface area is 116 Å². The Balaban J connectivity index is 2.31. The molecule has 4 heteroatoms. The molecule has 0 spiro atoms. The van der Waals surface area contributed by atoms with E-state index in [9.17, 15) is 9.90 Å². The van der Waals surface area contributed by atoms with Gasteiger partial charge >= 0.3 is 0 Å². The number of phenols is 1. The molecule has 0 bridgehead atoms. The van der Waals surface area contributed by atoms with E-state index in [1.54, 1.807) is 50.2 Å². The second kappa shape index (κ2) is 5.33. The molecule has 0 atom stereocenters. The molecular weight excluding hydrogens is 262 g/mol. The van der Waals surface area contributed by atoms with Crippen LogP contribution >= 0.6 is 11.6 Å². The summed E-state index contributed by atoms with van der Waals surface area (Å²) in [5, 5.41) is 12.9. The van der Waals surface area contributed by atoms with E-state index in [1.165, 1.54) is 0 Å². The molecule has 2 aromatic rings. The number of phenolic OH excluding ortho intramolecular Hbond substituents is 1. The molecule has 0 radical (unpaired) electrons. The zero-order chi connectivity index (χ0) is 14.0. The van der Waals surface area contributed by atoms with Crippen LogP contribution in [-0.4, -0.2) is 11.0 Å². The third-order valence-corrected chi connectivity index (χ3v) is 3.48. The van der Waals surface area contributed by atoms with Crippen LogP contribution in [0.15, 0.2) is 36.4 Å². The Morgan fingerprint density at radius 2 is 1.79 bits per heavy atom. The van der Waals surface area contributed by atoms with E-state index in [0.29, 0.717) is 21.8 Å². The third-order valence-electron chi connectivity index (χ3n) is 3.07. The number of carbonyl (C=O) groups is 1. The maximum atomic E-state index is 12.2. The van der Waals surface area contributed by atoms with Crippen LogP contribution in [0.4, 0.5) is 5.69 Å². The summed E-state index contributed by atoms with van der Waals surface area (Å²) in [5.41, 5.74) is 2.48. The summed E-state index contributed by atoms with van der Waals surface area (Å²) in [6.45, 7) is 3.54. The maximum absolute atomic E-state index is 12.2. The van der Waals surface area contributed by atoms with Crippen LogP contribution < -0.4 is 5.32 Å². The van der Waals surface area contributed by atoms with Gasteiger partial charge in [-0.05, 0) is 43.7 Å². The van der Waals surface area contributed by atoms with E-state index in [1.807, 2.05) is 0 Å². The largest absolute Gasteiger partial charge is 0.508 e. The lowest BCUT2D eigenvalue weighted by Crippen LogP contribution is -2.14. The van der Waals surface area contributed by atoms with Crippen molar-refractivity contribution in [1.82, 2.24) is 0 Å². The first-order valence-electron chi connectivity index (χ1n) is 5.85. The Morgan fingerprint density at radius 1 is 1.11 bits per heavy atom. The van der Waals surface area contributed by atoms with Gasteiger partial charge < -0.3 is 10.4 Å². The first kappa shape index (κ1) is 13.4. The van der Waals surface area contributed by atoms with Crippen molar-refractivity contribution in [2.45, 2.75) is 13.8 Å². The molecule has 98 valence electrons. The molecule has 0 saturated heterocycles. The Hall–Kier alpha value is -2.00. The van der Waals surface area contributed by atoms with Gasteiger partial charge in [0.15, 0.2) is 0 Å². The summed E-state index contributed by atoms with van der Waals surface area (Å²) in [7, 11) is 0. The van der Waals surface area contributed by atoms with Crippen molar-refractivity contribution in [3.05, 3.63) is 58.1 Å². The number of benzene rings is 2. The van der Waals surface area contributed by atoms with Crippen LogP contribution in [0.25, 0.3) is 0 Å². The standard InChI is InChI=1S/C15H14ClNO2/c1-9-11(5-3-6-12(9)16)15(19)17-13-7-4-8-14(18)10(13)2/h3-8,18H,1-2H3,(H,17,19). The molecule has 2 N–H and O–H groups in total. The number of rotatable bonds is 2. The van der Waals surface area contributed by atoms with Crippen molar-refractivity contribution >= 4 is 23.2 Å². The molecule has 0 heterocycles. The number of carbonyl (C=O) groups excluding carboxylic acids is 1. The van der Waals surface area contributed by atoms with Gasteiger partial charge in [-0.2, -0.15) is 0 Å². The molecule has 0 aliphatic rings. The lowest BCUT2D eigenvalue weighted by Gasteiger charge is -2.11. The average Bonchev–Trinajstić information content (AvgIpc) is 2.38. The van der Waals surface area contributed by atoms with E-state index in [2.05, 4.69) is 5.32 Å². The molecular formula is C15H14ClNO2. The van der Waals surface area contributed by atoms with Crippen molar-refractivity contribution in [3.8, 4) is 5.75 Å². The molecule has 0 unspecified atom stereocenters. The van der Waals surface area contributed by atoms with Crippen molar-refractivity contribution in [2.24, 2.45) is 0 Å². The van der Waals surface area contributed by atoms with Crippen LogP contribution in [0.2, 0.25) is 5.02 Å². The normalized spacial score (nSPS) is 10.3. The van der Waals surface area contributed by atoms with Gasteiger partial charge in [0.25, 0.3) is 5.91 Å². The van der Waals surface area contributed by atoms with Crippen molar-refractivity contribution in [1.29, 1.82) is 0 Å². The minimum Gasteiger partial charge on any atom is -0.508 e. The number of hydrogen-bond acceptors (Lipinski definition) is 2. The third kappa shape index (κ3) is 2.71. The molecule has 19 heavy (non-hydrogen) atoms. The maximum Gasteiger partial charge on any atom is 0.255 e. The molecule has 0 fully saturated rings. The number of nitrogens with one attached hydrogen (secondary N) is 1.